The van der Waals surface area contributed by atoms with Crippen LogP contribution >= 0.6 is 30.4 Å². The summed E-state index contributed by atoms with van der Waals surface area (Å²) in [6, 6.07) is 7.41. The first-order valence-corrected chi connectivity index (χ1v) is 14.8. The van der Waals surface area contributed by atoms with E-state index in [-0.39, 0.29) is 11.5 Å². The highest BCUT2D eigenvalue weighted by Gasteiger charge is 2.61. The molecule has 0 fully saturated rings. The summed E-state index contributed by atoms with van der Waals surface area (Å²) in [5, 5.41) is 20.9. The molecule has 0 amide bonds. The van der Waals surface area contributed by atoms with Crippen LogP contribution in [-0.4, -0.2) is 54.5 Å². The molecule has 0 aliphatic rings. The Balaban J connectivity index is 0.000000340. The smallest absolute Gasteiger partial charge is 0.374 e. The van der Waals surface area contributed by atoms with E-state index in [2.05, 4.69) is 0 Å². The maximum absolute atomic E-state index is 11.2. The van der Waals surface area contributed by atoms with Gasteiger partial charge in [0.2, 0.25) is 5.02 Å². The van der Waals surface area contributed by atoms with Gasteiger partial charge in [-0.3, -0.25) is 18.3 Å². The molecule has 20 heteroatoms. The van der Waals surface area contributed by atoms with Gasteiger partial charge in [-0.2, -0.15) is 0 Å². The first kappa shape index (κ1) is 30.6. The molecule has 0 aliphatic carbocycles. The van der Waals surface area contributed by atoms with E-state index >= 15 is 0 Å². The lowest BCUT2D eigenvalue weighted by Crippen LogP contribution is -2.36. The number of aromatic hydroxyl groups is 2. The number of aliphatic hydroxyl groups is 1. The van der Waals surface area contributed by atoms with Gasteiger partial charge in [0.05, 0.1) is 0 Å². The largest absolute Gasteiger partial charge is 0.508 e. The van der Waals surface area contributed by atoms with Crippen molar-refractivity contribution < 1.29 is 72.7 Å². The minimum Gasteiger partial charge on any atom is -0.508 e. The molecule has 0 bridgehead atoms. The van der Waals surface area contributed by atoms with Crippen LogP contribution in [0.3, 0.4) is 0 Å². The molecule has 0 heterocycles. The van der Waals surface area contributed by atoms with Crippen LogP contribution in [0.4, 0.5) is 0 Å². The van der Waals surface area contributed by atoms with Crippen LogP contribution in [0, 0.1) is 0 Å². The van der Waals surface area contributed by atoms with Crippen LogP contribution in [0.25, 0.3) is 0 Å². The predicted molar refractivity (Wildman–Crippen MR) is 114 cm³/mol. The summed E-state index contributed by atoms with van der Waals surface area (Å²) in [4.78, 5) is 71.7. The van der Waals surface area contributed by atoms with E-state index in [4.69, 9.17) is 55.1 Å². The maximum Gasteiger partial charge on any atom is 0.374 e. The third kappa shape index (κ3) is 6.03. The van der Waals surface area contributed by atoms with Crippen molar-refractivity contribution in [2.24, 2.45) is 5.73 Å². The van der Waals surface area contributed by atoms with Gasteiger partial charge < -0.3 is 60.2 Å². The Bertz CT molecular complexity index is 1050. The number of phenols is 2. The zero-order valence-corrected chi connectivity index (χ0v) is 20.1. The molecule has 16 nitrogen and oxygen atoms in total. The normalized spacial score (nSPS) is 13.7. The van der Waals surface area contributed by atoms with E-state index in [1.54, 1.807) is 0 Å². The Labute approximate surface area is 190 Å². The average Bonchev–Trinajstić information content (AvgIpc) is 2.65. The molecule has 0 spiro atoms. The molecule has 2 aromatic carbocycles. The van der Waals surface area contributed by atoms with Crippen molar-refractivity contribution >= 4 is 30.4 Å². The van der Waals surface area contributed by atoms with Gasteiger partial charge in [0.15, 0.2) is 0 Å². The molecular weight excluding hydrogens is 546 g/mol. The average molecular weight is 567 g/mol. The third-order valence-corrected chi connectivity index (χ3v) is 11.8. The number of phenolic OH excluding ortho intramolecular Hbond substituents is 2. The lowest BCUT2D eigenvalue weighted by Gasteiger charge is -2.30. The number of hydrogen-bond donors (Lipinski definition) is 12. The molecule has 0 unspecified atom stereocenters. The molecule has 0 aromatic heterocycles. The van der Waals surface area contributed by atoms with Crippen molar-refractivity contribution in [3.05, 3.63) is 59.7 Å². The van der Waals surface area contributed by atoms with Crippen molar-refractivity contribution in [1.82, 2.24) is 0 Å². The summed E-state index contributed by atoms with van der Waals surface area (Å²) in [7, 11) is -21.7. The summed E-state index contributed by atoms with van der Waals surface area (Å²) < 4.78 is 44.5. The minimum absolute atomic E-state index is 0.229. The first-order chi connectivity index (χ1) is 15.0. The van der Waals surface area contributed by atoms with Crippen LogP contribution in [0.1, 0.15) is 11.1 Å². The molecule has 34 heavy (non-hydrogen) atoms. The van der Waals surface area contributed by atoms with Crippen molar-refractivity contribution in [3.63, 3.8) is 0 Å². The molecule has 13 N–H and O–H groups in total. The van der Waals surface area contributed by atoms with Crippen molar-refractivity contribution in [2.75, 3.05) is 0 Å². The number of nitrogens with two attached hydrogens (primary N) is 1. The van der Waals surface area contributed by atoms with E-state index in [0.29, 0.717) is 0 Å². The topological polar surface area (TPSA) is 317 Å². The summed E-state index contributed by atoms with van der Waals surface area (Å²) >= 11 is 0. The summed E-state index contributed by atoms with van der Waals surface area (Å²) in [6.07, 6.45) is 0. The van der Waals surface area contributed by atoms with Gasteiger partial charge in [-0.05, 0) is 29.8 Å². The van der Waals surface area contributed by atoms with Crippen molar-refractivity contribution in [1.29, 1.82) is 0 Å². The maximum atomic E-state index is 11.2. The third-order valence-electron chi connectivity index (χ3n) is 4.25. The van der Waals surface area contributed by atoms with Gasteiger partial charge >= 0.3 is 30.4 Å². The highest BCUT2D eigenvalue weighted by molar-refractivity contribution is 7.71. The highest BCUT2D eigenvalue weighted by atomic mass is 31.2. The Morgan fingerprint density at radius 1 is 0.529 bits per heavy atom. The lowest BCUT2D eigenvalue weighted by atomic mass is 10.2. The van der Waals surface area contributed by atoms with Crippen LogP contribution < -0.4 is 5.73 Å². The van der Waals surface area contributed by atoms with Gasteiger partial charge in [0, 0.05) is 5.56 Å². The fraction of sp³-hybridized carbons (Fsp3) is 0.143. The monoisotopic (exact) mass is 567 g/mol. The fourth-order valence-electron chi connectivity index (χ4n) is 2.40. The van der Waals surface area contributed by atoms with Gasteiger partial charge in [0.25, 0.3) is 5.08 Å². The molecule has 0 saturated heterocycles. The molecular formula is C14H21NO15P4. The van der Waals surface area contributed by atoms with Gasteiger partial charge in [-0.1, -0.05) is 24.3 Å². The Morgan fingerprint density at radius 3 is 1.03 bits per heavy atom. The Morgan fingerprint density at radius 2 is 0.794 bits per heavy atom. The molecule has 0 radical (unpaired) electrons. The van der Waals surface area contributed by atoms with Gasteiger partial charge in [-0.15, -0.1) is 0 Å². The Kier molecular flexibility index (Phi) is 8.91. The number of benzene rings is 2. The standard InChI is InChI=1S/C7H11NO7P2.C7H10O8P2/c8-7(16(10,11)12,17(13,14)15)5-1-3-6(9)4-2-5;8-6-3-1-5(2-4-6)7(9,16(10,11)12)17(13,14)15/h1-4,9H,8H2,(H2,10,11,12)(H2,13,14,15);1-4,8-9H,(H2,10,11,12)(H2,13,14,15). The van der Waals surface area contributed by atoms with E-state index < -0.39 is 51.6 Å². The van der Waals surface area contributed by atoms with E-state index in [0.717, 1.165) is 48.5 Å². The SMILES string of the molecule is NC(c1ccc(O)cc1)(P(=O)(O)O)P(=O)(O)O.O=P(O)(O)C(O)(c1ccc(O)cc1)P(=O)(O)O. The predicted octanol–water partition coefficient (Wildman–Crippen LogP) is -0.333. The first-order valence-electron chi connectivity index (χ1n) is 8.33. The van der Waals surface area contributed by atoms with E-state index in [1.807, 2.05) is 0 Å². The number of rotatable bonds is 6. The van der Waals surface area contributed by atoms with Gasteiger partial charge in [0.1, 0.15) is 11.5 Å². The van der Waals surface area contributed by atoms with E-state index in [1.165, 1.54) is 0 Å². The molecule has 2 rings (SSSR count). The van der Waals surface area contributed by atoms with Crippen LogP contribution in [0.5, 0.6) is 11.5 Å². The molecule has 0 saturated carbocycles. The fourth-order valence-corrected chi connectivity index (χ4v) is 7.06. The second-order valence-electron chi connectivity index (χ2n) is 6.63. The lowest BCUT2D eigenvalue weighted by molar-refractivity contribution is 0.131. The molecule has 0 aliphatic heterocycles. The zero-order valence-electron chi connectivity index (χ0n) is 16.5. The van der Waals surface area contributed by atoms with Crippen molar-refractivity contribution in [2.45, 2.75) is 10.1 Å². The summed E-state index contributed by atoms with van der Waals surface area (Å²) in [6.45, 7) is 0. The van der Waals surface area contributed by atoms with E-state index in [9.17, 15) is 23.4 Å². The van der Waals surface area contributed by atoms with Crippen LogP contribution in [0.2, 0.25) is 0 Å². The second kappa shape index (κ2) is 9.90. The van der Waals surface area contributed by atoms with Gasteiger partial charge in [-0.25, -0.2) is 0 Å². The van der Waals surface area contributed by atoms with Crippen LogP contribution in [-0.2, 0) is 28.4 Å². The van der Waals surface area contributed by atoms with Crippen LogP contribution in [0.15, 0.2) is 48.5 Å². The summed E-state index contributed by atoms with van der Waals surface area (Å²) in [5.41, 5.74) is 4.07. The quantitative estimate of drug-likeness (QED) is 0.199. The summed E-state index contributed by atoms with van der Waals surface area (Å²) in [5.74, 6) is -0.514. The highest BCUT2D eigenvalue weighted by Crippen LogP contribution is 2.73. The van der Waals surface area contributed by atoms with Crippen molar-refractivity contribution in [3.8, 4) is 11.5 Å². The number of hydrogen-bond acceptors (Lipinski definition) is 8. The zero-order chi connectivity index (χ0) is 27.0. The Hall–Kier alpha value is -1.44. The molecule has 0 atom stereocenters. The second-order valence-corrected chi connectivity index (χ2v) is 14.4. The molecule has 2 aromatic rings. The minimum atomic E-state index is -5.54. The molecule has 192 valence electrons.